The molecule has 0 spiro atoms. The average Bonchev–Trinajstić information content (AvgIpc) is 2.69. The topological polar surface area (TPSA) is 76.8 Å². The summed E-state index contributed by atoms with van der Waals surface area (Å²) in [6, 6.07) is 6.82. The molecule has 1 amide bonds. The first-order valence-corrected chi connectivity index (χ1v) is 9.36. The number of piperazine rings is 1. The third-order valence-corrected chi connectivity index (χ3v) is 5.16. The summed E-state index contributed by atoms with van der Waals surface area (Å²) in [5.41, 5.74) is 0.123. The minimum absolute atomic E-state index is 0.0743. The second-order valence-electron chi connectivity index (χ2n) is 6.74. The van der Waals surface area contributed by atoms with Gasteiger partial charge in [-0.2, -0.15) is 0 Å². The Morgan fingerprint density at radius 2 is 1.86 bits per heavy atom. The van der Waals surface area contributed by atoms with Crippen LogP contribution >= 0.6 is 11.6 Å². The van der Waals surface area contributed by atoms with Gasteiger partial charge in [0.05, 0.1) is 7.11 Å². The van der Waals surface area contributed by atoms with Crippen LogP contribution in [0.5, 0.6) is 5.75 Å². The summed E-state index contributed by atoms with van der Waals surface area (Å²) in [6.07, 6.45) is 1.37. The standard InChI is InChI=1S/C19H23ClN4O4/c1-21-17(25)5-6-24(19(21)27)13-18(26)23-9-7-22(8-10-23)12-14-11-15(20)3-4-16(14)28-2/h3-6,11H,7-10,12-13H2,1-2H3. The van der Waals surface area contributed by atoms with Crippen LogP contribution in [-0.2, 0) is 24.9 Å². The zero-order chi connectivity index (χ0) is 20.3. The maximum Gasteiger partial charge on any atom is 0.331 e. The Morgan fingerprint density at radius 3 is 2.54 bits per heavy atom. The minimum atomic E-state index is -0.493. The Labute approximate surface area is 167 Å². The first-order chi connectivity index (χ1) is 13.4. The summed E-state index contributed by atoms with van der Waals surface area (Å²) >= 11 is 6.09. The van der Waals surface area contributed by atoms with Crippen molar-refractivity contribution in [2.45, 2.75) is 13.1 Å². The molecule has 1 fully saturated rings. The van der Waals surface area contributed by atoms with Crippen LogP contribution in [0.15, 0.2) is 40.1 Å². The van der Waals surface area contributed by atoms with Crippen molar-refractivity contribution in [1.29, 1.82) is 0 Å². The highest BCUT2D eigenvalue weighted by atomic mass is 35.5. The van der Waals surface area contributed by atoms with Gasteiger partial charge in [-0.1, -0.05) is 11.6 Å². The van der Waals surface area contributed by atoms with Crippen molar-refractivity contribution in [3.05, 3.63) is 61.9 Å². The maximum absolute atomic E-state index is 12.5. The Balaban J connectivity index is 1.59. The molecule has 28 heavy (non-hydrogen) atoms. The number of amides is 1. The molecule has 1 aliphatic rings. The fourth-order valence-corrected chi connectivity index (χ4v) is 3.44. The molecule has 150 valence electrons. The number of rotatable bonds is 5. The van der Waals surface area contributed by atoms with Gasteiger partial charge in [-0.15, -0.1) is 0 Å². The van der Waals surface area contributed by atoms with Crippen LogP contribution in [0.2, 0.25) is 5.02 Å². The highest BCUT2D eigenvalue weighted by Gasteiger charge is 2.22. The van der Waals surface area contributed by atoms with Crippen molar-refractivity contribution in [1.82, 2.24) is 18.9 Å². The Bertz CT molecular complexity index is 977. The summed E-state index contributed by atoms with van der Waals surface area (Å²) in [4.78, 5) is 40.1. The Kier molecular flexibility index (Phi) is 6.21. The van der Waals surface area contributed by atoms with E-state index in [1.165, 1.54) is 23.9 Å². The van der Waals surface area contributed by atoms with Gasteiger partial charge in [0.15, 0.2) is 0 Å². The van der Waals surface area contributed by atoms with Gasteiger partial charge in [-0.05, 0) is 18.2 Å². The molecule has 2 heterocycles. The second kappa shape index (κ2) is 8.62. The van der Waals surface area contributed by atoms with Gasteiger partial charge in [0.25, 0.3) is 5.56 Å². The van der Waals surface area contributed by atoms with Gasteiger partial charge in [0.2, 0.25) is 5.91 Å². The van der Waals surface area contributed by atoms with E-state index in [-0.39, 0.29) is 12.5 Å². The van der Waals surface area contributed by atoms with Crippen molar-refractivity contribution in [2.24, 2.45) is 7.05 Å². The molecule has 0 aliphatic carbocycles. The van der Waals surface area contributed by atoms with Gasteiger partial charge in [-0.25, -0.2) is 4.79 Å². The molecule has 1 saturated heterocycles. The summed E-state index contributed by atoms with van der Waals surface area (Å²) < 4.78 is 7.64. The molecule has 0 atom stereocenters. The molecule has 2 aromatic rings. The third-order valence-electron chi connectivity index (χ3n) is 4.93. The molecule has 3 rings (SSSR count). The van der Waals surface area contributed by atoms with Gasteiger partial charge in [0, 0.05) is 62.6 Å². The normalized spacial score (nSPS) is 14.9. The molecule has 1 aromatic carbocycles. The van der Waals surface area contributed by atoms with Crippen LogP contribution < -0.4 is 16.0 Å². The van der Waals surface area contributed by atoms with Gasteiger partial charge in [0.1, 0.15) is 12.3 Å². The van der Waals surface area contributed by atoms with E-state index in [0.29, 0.717) is 37.7 Å². The zero-order valence-corrected chi connectivity index (χ0v) is 16.7. The molecular formula is C19H23ClN4O4. The van der Waals surface area contributed by atoms with Gasteiger partial charge < -0.3 is 9.64 Å². The summed E-state index contributed by atoms with van der Waals surface area (Å²) in [6.45, 7) is 3.18. The minimum Gasteiger partial charge on any atom is -0.496 e. The number of carbonyl (C=O) groups is 1. The lowest BCUT2D eigenvalue weighted by molar-refractivity contribution is -0.133. The first kappa shape index (κ1) is 20.2. The van der Waals surface area contributed by atoms with E-state index < -0.39 is 11.2 Å². The maximum atomic E-state index is 12.5. The second-order valence-corrected chi connectivity index (χ2v) is 7.17. The van der Waals surface area contributed by atoms with E-state index in [4.69, 9.17) is 16.3 Å². The molecule has 0 bridgehead atoms. The molecule has 1 aromatic heterocycles. The van der Waals surface area contributed by atoms with Crippen molar-refractivity contribution < 1.29 is 9.53 Å². The highest BCUT2D eigenvalue weighted by molar-refractivity contribution is 6.30. The number of carbonyl (C=O) groups excluding carboxylic acids is 1. The van der Waals surface area contributed by atoms with Crippen molar-refractivity contribution >= 4 is 17.5 Å². The number of benzene rings is 1. The average molecular weight is 407 g/mol. The molecular weight excluding hydrogens is 384 g/mol. The highest BCUT2D eigenvalue weighted by Crippen LogP contribution is 2.24. The number of halogens is 1. The fraction of sp³-hybridized carbons (Fsp3) is 0.421. The van der Waals surface area contributed by atoms with Crippen LogP contribution in [0.4, 0.5) is 0 Å². The van der Waals surface area contributed by atoms with E-state index in [9.17, 15) is 14.4 Å². The monoisotopic (exact) mass is 406 g/mol. The molecule has 1 aliphatic heterocycles. The van der Waals surface area contributed by atoms with E-state index in [2.05, 4.69) is 4.90 Å². The van der Waals surface area contributed by atoms with Crippen molar-refractivity contribution in [3.63, 3.8) is 0 Å². The number of methoxy groups -OCH3 is 1. The van der Waals surface area contributed by atoms with E-state index in [1.54, 1.807) is 18.1 Å². The Hall–Kier alpha value is -2.58. The lowest BCUT2D eigenvalue weighted by Gasteiger charge is -2.35. The summed E-state index contributed by atoms with van der Waals surface area (Å²) in [7, 11) is 3.03. The molecule has 0 N–H and O–H groups in total. The van der Waals surface area contributed by atoms with Crippen LogP contribution in [-0.4, -0.2) is 58.1 Å². The van der Waals surface area contributed by atoms with E-state index in [1.807, 2.05) is 12.1 Å². The molecule has 0 radical (unpaired) electrons. The lowest BCUT2D eigenvalue weighted by Crippen LogP contribution is -2.50. The molecule has 8 nitrogen and oxygen atoms in total. The molecule has 0 unspecified atom stereocenters. The number of aromatic nitrogens is 2. The SMILES string of the molecule is COc1ccc(Cl)cc1CN1CCN(C(=O)Cn2ccc(=O)n(C)c2=O)CC1. The quantitative estimate of drug-likeness (QED) is 0.725. The predicted octanol–water partition coefficient (Wildman–Crippen LogP) is 0.553. The van der Waals surface area contributed by atoms with Crippen LogP contribution in [0.1, 0.15) is 5.56 Å². The number of hydrogen-bond acceptors (Lipinski definition) is 5. The lowest BCUT2D eigenvalue weighted by atomic mass is 10.1. The van der Waals surface area contributed by atoms with Crippen LogP contribution in [0.25, 0.3) is 0 Å². The van der Waals surface area contributed by atoms with Gasteiger partial charge in [-0.3, -0.25) is 23.6 Å². The number of ether oxygens (including phenoxy) is 1. The smallest absolute Gasteiger partial charge is 0.331 e. The zero-order valence-electron chi connectivity index (χ0n) is 15.9. The predicted molar refractivity (Wildman–Crippen MR) is 106 cm³/mol. The van der Waals surface area contributed by atoms with Crippen LogP contribution in [0, 0.1) is 0 Å². The van der Waals surface area contributed by atoms with Crippen molar-refractivity contribution in [2.75, 3.05) is 33.3 Å². The van der Waals surface area contributed by atoms with E-state index >= 15 is 0 Å². The fourth-order valence-electron chi connectivity index (χ4n) is 3.25. The number of nitrogens with zero attached hydrogens (tertiary/aromatic N) is 4. The van der Waals surface area contributed by atoms with Gasteiger partial charge >= 0.3 is 5.69 Å². The molecule has 0 saturated carbocycles. The molecule has 9 heteroatoms. The van der Waals surface area contributed by atoms with Crippen molar-refractivity contribution in [3.8, 4) is 5.75 Å². The van der Waals surface area contributed by atoms with E-state index in [0.717, 1.165) is 15.9 Å². The number of hydrogen-bond donors (Lipinski definition) is 0. The third kappa shape index (κ3) is 4.45. The largest absolute Gasteiger partial charge is 0.496 e. The first-order valence-electron chi connectivity index (χ1n) is 8.98. The summed E-state index contributed by atoms with van der Waals surface area (Å²) in [5, 5.41) is 0.660. The summed E-state index contributed by atoms with van der Waals surface area (Å²) in [5.74, 6) is 0.651. The van der Waals surface area contributed by atoms with Crippen LogP contribution in [0.3, 0.4) is 0 Å². The Morgan fingerprint density at radius 1 is 1.14 bits per heavy atom.